The van der Waals surface area contributed by atoms with Crippen molar-refractivity contribution in [2.45, 2.75) is 6.92 Å². The minimum Gasteiger partial charge on any atom is -0.504 e. The molecular formula is C16H16N2O4. The van der Waals surface area contributed by atoms with E-state index in [2.05, 4.69) is 10.5 Å². The van der Waals surface area contributed by atoms with Crippen LogP contribution in [0, 0.1) is 0 Å². The number of phenolic OH excluding ortho intramolecular Hbond substituents is 1. The molecule has 114 valence electrons. The van der Waals surface area contributed by atoms with Crippen LogP contribution in [-0.4, -0.2) is 29.0 Å². The smallest absolute Gasteiger partial charge is 0.335 e. The molecule has 0 spiro atoms. The molecule has 2 aromatic rings. The maximum atomic E-state index is 10.9. The molecule has 22 heavy (non-hydrogen) atoms. The number of aromatic hydroxyl groups is 1. The number of nitrogens with zero attached hydrogens (tertiary/aromatic N) is 1. The normalized spacial score (nSPS) is 10.6. The molecule has 0 aliphatic carbocycles. The highest BCUT2D eigenvalue weighted by Gasteiger charge is 2.03. The van der Waals surface area contributed by atoms with Crippen molar-refractivity contribution >= 4 is 17.9 Å². The second-order valence-corrected chi connectivity index (χ2v) is 4.42. The monoisotopic (exact) mass is 300 g/mol. The molecule has 6 nitrogen and oxygen atoms in total. The summed E-state index contributed by atoms with van der Waals surface area (Å²) in [6.07, 6.45) is 1.55. The first-order valence-corrected chi connectivity index (χ1v) is 6.68. The number of phenols is 1. The van der Waals surface area contributed by atoms with Gasteiger partial charge in [0.1, 0.15) is 0 Å². The number of hydrogen-bond donors (Lipinski definition) is 3. The lowest BCUT2D eigenvalue weighted by Crippen LogP contribution is -1.98. The zero-order chi connectivity index (χ0) is 15.9. The number of ether oxygens (including phenoxy) is 1. The lowest BCUT2D eigenvalue weighted by atomic mass is 10.2. The lowest BCUT2D eigenvalue weighted by molar-refractivity contribution is 0.0697. The van der Waals surface area contributed by atoms with Crippen molar-refractivity contribution in [1.82, 2.24) is 0 Å². The standard InChI is InChI=1S/C16H16N2O4/c1-2-22-15-8-11(6-7-14(15)19)10-17-18-13-5-3-4-12(9-13)16(20)21/h3-10,18-19H,2H2,1H3,(H,20,21). The summed E-state index contributed by atoms with van der Waals surface area (Å²) >= 11 is 0. The van der Waals surface area contributed by atoms with E-state index in [0.29, 0.717) is 18.0 Å². The molecule has 0 radical (unpaired) electrons. The molecule has 0 fully saturated rings. The van der Waals surface area contributed by atoms with E-state index < -0.39 is 5.97 Å². The highest BCUT2D eigenvalue weighted by atomic mass is 16.5. The third kappa shape index (κ3) is 3.99. The van der Waals surface area contributed by atoms with Gasteiger partial charge in [-0.1, -0.05) is 6.07 Å². The topological polar surface area (TPSA) is 91.2 Å². The third-order valence-corrected chi connectivity index (χ3v) is 2.80. The Bertz CT molecular complexity index is 698. The molecule has 2 aromatic carbocycles. The Labute approximate surface area is 127 Å². The molecule has 0 saturated carbocycles. The Hall–Kier alpha value is -3.02. The van der Waals surface area contributed by atoms with E-state index in [1.54, 1.807) is 30.5 Å². The summed E-state index contributed by atoms with van der Waals surface area (Å²) in [7, 11) is 0. The number of benzene rings is 2. The van der Waals surface area contributed by atoms with Crippen LogP contribution in [-0.2, 0) is 0 Å². The summed E-state index contributed by atoms with van der Waals surface area (Å²) in [5, 5.41) is 22.6. The van der Waals surface area contributed by atoms with Crippen LogP contribution < -0.4 is 10.2 Å². The number of hydrogen-bond acceptors (Lipinski definition) is 5. The van der Waals surface area contributed by atoms with E-state index >= 15 is 0 Å². The maximum Gasteiger partial charge on any atom is 0.335 e. The molecular weight excluding hydrogens is 284 g/mol. The number of anilines is 1. The Kier molecular flexibility index (Phi) is 4.98. The molecule has 0 unspecified atom stereocenters. The molecule has 0 heterocycles. The maximum absolute atomic E-state index is 10.9. The van der Waals surface area contributed by atoms with E-state index in [1.807, 2.05) is 6.92 Å². The Morgan fingerprint density at radius 2 is 2.14 bits per heavy atom. The first kappa shape index (κ1) is 15.4. The molecule has 0 aromatic heterocycles. The van der Waals surface area contributed by atoms with Crippen LogP contribution in [0.1, 0.15) is 22.8 Å². The summed E-state index contributed by atoms with van der Waals surface area (Å²) < 4.78 is 5.29. The molecule has 0 bridgehead atoms. The minimum atomic E-state index is -0.993. The number of rotatable bonds is 6. The number of hydrazone groups is 1. The van der Waals surface area contributed by atoms with Gasteiger partial charge in [-0.05, 0) is 48.9 Å². The van der Waals surface area contributed by atoms with Crippen molar-refractivity contribution in [3.63, 3.8) is 0 Å². The number of carbonyl (C=O) groups is 1. The summed E-state index contributed by atoms with van der Waals surface area (Å²) in [4.78, 5) is 10.9. The average Bonchev–Trinajstić information content (AvgIpc) is 2.51. The summed E-state index contributed by atoms with van der Waals surface area (Å²) in [6.45, 7) is 2.28. The van der Waals surface area contributed by atoms with Gasteiger partial charge in [-0.15, -0.1) is 0 Å². The van der Waals surface area contributed by atoms with Gasteiger partial charge >= 0.3 is 5.97 Å². The lowest BCUT2D eigenvalue weighted by Gasteiger charge is -2.06. The molecule has 0 amide bonds. The van der Waals surface area contributed by atoms with E-state index in [-0.39, 0.29) is 11.3 Å². The van der Waals surface area contributed by atoms with Gasteiger partial charge in [0.05, 0.1) is 24.1 Å². The first-order chi connectivity index (χ1) is 10.6. The molecule has 0 atom stereocenters. The van der Waals surface area contributed by atoms with Crippen LogP contribution in [0.25, 0.3) is 0 Å². The van der Waals surface area contributed by atoms with Gasteiger partial charge < -0.3 is 14.9 Å². The molecule has 0 saturated heterocycles. The second kappa shape index (κ2) is 7.12. The summed E-state index contributed by atoms with van der Waals surface area (Å²) in [5.41, 5.74) is 4.25. The van der Waals surface area contributed by atoms with Crippen molar-refractivity contribution < 1.29 is 19.7 Å². The fraction of sp³-hybridized carbons (Fsp3) is 0.125. The van der Waals surface area contributed by atoms with Crippen LogP contribution >= 0.6 is 0 Å². The van der Waals surface area contributed by atoms with Gasteiger partial charge in [0.2, 0.25) is 0 Å². The summed E-state index contributed by atoms with van der Waals surface area (Å²) in [6, 6.07) is 11.2. The van der Waals surface area contributed by atoms with Crippen LogP contribution in [0.15, 0.2) is 47.6 Å². The first-order valence-electron chi connectivity index (χ1n) is 6.68. The molecule has 3 N–H and O–H groups in total. The Morgan fingerprint density at radius 1 is 1.32 bits per heavy atom. The van der Waals surface area contributed by atoms with Gasteiger partial charge in [0.15, 0.2) is 11.5 Å². The van der Waals surface area contributed by atoms with Crippen molar-refractivity contribution in [1.29, 1.82) is 0 Å². The van der Waals surface area contributed by atoms with E-state index in [0.717, 1.165) is 5.56 Å². The Balaban J connectivity index is 2.08. The van der Waals surface area contributed by atoms with Crippen LogP contribution in [0.3, 0.4) is 0 Å². The van der Waals surface area contributed by atoms with Crippen LogP contribution in [0.2, 0.25) is 0 Å². The number of carboxylic acids is 1. The van der Waals surface area contributed by atoms with Gasteiger partial charge in [-0.25, -0.2) is 4.79 Å². The van der Waals surface area contributed by atoms with E-state index in [9.17, 15) is 9.90 Å². The quantitative estimate of drug-likeness (QED) is 0.563. The zero-order valence-electron chi connectivity index (χ0n) is 12.0. The largest absolute Gasteiger partial charge is 0.504 e. The highest BCUT2D eigenvalue weighted by Crippen LogP contribution is 2.26. The van der Waals surface area contributed by atoms with Gasteiger partial charge in [0, 0.05) is 0 Å². The van der Waals surface area contributed by atoms with Gasteiger partial charge in [0.25, 0.3) is 0 Å². The second-order valence-electron chi connectivity index (χ2n) is 4.42. The molecule has 6 heteroatoms. The van der Waals surface area contributed by atoms with Crippen molar-refractivity contribution in [2.75, 3.05) is 12.0 Å². The van der Waals surface area contributed by atoms with Gasteiger partial charge in [-0.3, -0.25) is 5.43 Å². The van der Waals surface area contributed by atoms with E-state index in [4.69, 9.17) is 9.84 Å². The highest BCUT2D eigenvalue weighted by molar-refractivity contribution is 5.89. The molecule has 0 aliphatic heterocycles. The molecule has 0 aliphatic rings. The SMILES string of the molecule is CCOc1cc(C=NNc2cccc(C(=O)O)c2)ccc1O. The Morgan fingerprint density at radius 3 is 2.86 bits per heavy atom. The average molecular weight is 300 g/mol. The number of aromatic carboxylic acids is 1. The minimum absolute atomic E-state index is 0.0705. The molecule has 2 rings (SSSR count). The van der Waals surface area contributed by atoms with Gasteiger partial charge in [-0.2, -0.15) is 5.10 Å². The fourth-order valence-electron chi connectivity index (χ4n) is 1.79. The zero-order valence-corrected chi connectivity index (χ0v) is 12.0. The number of carboxylic acid groups (broad SMARTS) is 1. The predicted octanol–water partition coefficient (Wildman–Crippen LogP) is 2.94. The summed E-state index contributed by atoms with van der Waals surface area (Å²) in [5.74, 6) is -0.534. The van der Waals surface area contributed by atoms with Crippen LogP contribution in [0.5, 0.6) is 11.5 Å². The third-order valence-electron chi connectivity index (χ3n) is 2.80. The van der Waals surface area contributed by atoms with E-state index in [1.165, 1.54) is 18.2 Å². The van der Waals surface area contributed by atoms with Crippen molar-refractivity contribution in [2.24, 2.45) is 5.10 Å². The fourth-order valence-corrected chi connectivity index (χ4v) is 1.79. The van der Waals surface area contributed by atoms with Crippen molar-refractivity contribution in [3.05, 3.63) is 53.6 Å². The van der Waals surface area contributed by atoms with Crippen LogP contribution in [0.4, 0.5) is 5.69 Å². The predicted molar refractivity (Wildman–Crippen MR) is 83.9 cm³/mol. The number of nitrogens with one attached hydrogen (secondary N) is 1. The van der Waals surface area contributed by atoms with Crippen molar-refractivity contribution in [3.8, 4) is 11.5 Å².